The minimum Gasteiger partial charge on any atom is -0.323 e. The molecule has 0 saturated carbocycles. The zero-order valence-electron chi connectivity index (χ0n) is 10.9. The molecular formula is C10H24O4P2. The number of rotatable bonds is 8. The van der Waals surface area contributed by atoms with Crippen molar-refractivity contribution in [2.45, 2.75) is 39.0 Å². The monoisotopic (exact) mass is 270 g/mol. The predicted octanol–water partition coefficient (Wildman–Crippen LogP) is 4.00. The summed E-state index contributed by atoms with van der Waals surface area (Å²) in [6, 6.07) is 0. The van der Waals surface area contributed by atoms with Crippen LogP contribution in [0, 0.1) is 0 Å². The molecular weight excluding hydrogens is 246 g/mol. The second kappa shape index (κ2) is 6.96. The molecule has 0 aliphatic carbocycles. The third kappa shape index (κ3) is 4.71. The van der Waals surface area contributed by atoms with Crippen LogP contribution >= 0.6 is 14.7 Å². The second-order valence-corrected chi connectivity index (χ2v) is 10.2. The molecule has 0 aliphatic rings. The quantitative estimate of drug-likeness (QED) is 0.625. The highest BCUT2D eigenvalue weighted by Gasteiger charge is 2.42. The van der Waals surface area contributed by atoms with Gasteiger partial charge in [-0.05, 0) is 33.6 Å². The topological polar surface area (TPSA) is 52.6 Å². The molecule has 0 saturated heterocycles. The normalized spacial score (nSPS) is 15.1. The van der Waals surface area contributed by atoms with Gasteiger partial charge in [-0.2, -0.15) is 0 Å². The van der Waals surface area contributed by atoms with Gasteiger partial charge in [0.1, 0.15) is 5.40 Å². The SMILES string of the molecule is CCCC(P(C)(C)=O)P(=O)(OCC)OCC. The number of hydrogen-bond acceptors (Lipinski definition) is 4. The van der Waals surface area contributed by atoms with Crippen LogP contribution in [0.1, 0.15) is 33.6 Å². The molecule has 98 valence electrons. The lowest BCUT2D eigenvalue weighted by Crippen LogP contribution is -2.13. The smallest absolute Gasteiger partial charge is 0.323 e. The fraction of sp³-hybridized carbons (Fsp3) is 1.00. The fourth-order valence-electron chi connectivity index (χ4n) is 1.64. The first-order chi connectivity index (χ1) is 7.31. The van der Waals surface area contributed by atoms with Gasteiger partial charge in [0.25, 0.3) is 0 Å². The maximum absolute atomic E-state index is 12.5. The molecule has 0 aromatic carbocycles. The molecule has 0 aliphatic heterocycles. The van der Waals surface area contributed by atoms with Gasteiger partial charge in [-0.25, -0.2) is 0 Å². The minimum atomic E-state index is -3.23. The van der Waals surface area contributed by atoms with E-state index in [9.17, 15) is 9.13 Å². The lowest BCUT2D eigenvalue weighted by Gasteiger charge is -2.28. The van der Waals surface area contributed by atoms with Crippen molar-refractivity contribution in [1.82, 2.24) is 0 Å². The summed E-state index contributed by atoms with van der Waals surface area (Å²) in [6.45, 7) is 9.45. The van der Waals surface area contributed by atoms with Crippen LogP contribution in [-0.4, -0.2) is 31.9 Å². The van der Waals surface area contributed by atoms with Gasteiger partial charge in [0.15, 0.2) is 0 Å². The Morgan fingerprint density at radius 3 is 1.69 bits per heavy atom. The van der Waals surface area contributed by atoms with Gasteiger partial charge in [-0.1, -0.05) is 13.3 Å². The number of hydrogen-bond donors (Lipinski definition) is 0. The molecule has 1 atom stereocenters. The van der Waals surface area contributed by atoms with E-state index in [0.29, 0.717) is 19.6 Å². The van der Waals surface area contributed by atoms with E-state index in [-0.39, 0.29) is 0 Å². The van der Waals surface area contributed by atoms with Gasteiger partial charge in [-0.15, -0.1) is 0 Å². The summed E-state index contributed by atoms with van der Waals surface area (Å²) in [4.78, 5) is 0. The van der Waals surface area contributed by atoms with Crippen molar-refractivity contribution in [3.05, 3.63) is 0 Å². The average Bonchev–Trinajstić information content (AvgIpc) is 2.13. The van der Waals surface area contributed by atoms with E-state index in [1.807, 2.05) is 6.92 Å². The van der Waals surface area contributed by atoms with Crippen LogP contribution in [0.25, 0.3) is 0 Å². The van der Waals surface area contributed by atoms with Crippen LogP contribution in [0.4, 0.5) is 0 Å². The van der Waals surface area contributed by atoms with Crippen molar-refractivity contribution in [3.63, 3.8) is 0 Å². The first-order valence-corrected chi connectivity index (χ1v) is 10.0. The fourth-order valence-corrected chi connectivity index (χ4v) is 7.35. The lowest BCUT2D eigenvalue weighted by atomic mass is 10.4. The zero-order valence-corrected chi connectivity index (χ0v) is 12.7. The maximum atomic E-state index is 12.5. The molecule has 4 nitrogen and oxygen atoms in total. The first kappa shape index (κ1) is 16.4. The second-order valence-electron chi connectivity index (χ2n) is 4.08. The lowest BCUT2D eigenvalue weighted by molar-refractivity contribution is 0.216. The van der Waals surface area contributed by atoms with E-state index in [1.165, 1.54) is 0 Å². The van der Waals surface area contributed by atoms with Crippen molar-refractivity contribution in [2.75, 3.05) is 26.5 Å². The summed E-state index contributed by atoms with van der Waals surface area (Å²) in [7, 11) is -5.72. The molecule has 0 amide bonds. The summed E-state index contributed by atoms with van der Waals surface area (Å²) in [5.41, 5.74) is 0. The molecule has 0 fully saturated rings. The van der Waals surface area contributed by atoms with Crippen molar-refractivity contribution >= 4 is 14.7 Å². The molecule has 0 spiro atoms. The van der Waals surface area contributed by atoms with Gasteiger partial charge in [-0.3, -0.25) is 4.57 Å². The highest BCUT2D eigenvalue weighted by molar-refractivity contribution is 7.77. The first-order valence-electron chi connectivity index (χ1n) is 5.75. The Hall–Kier alpha value is 0.380. The molecule has 1 unspecified atom stereocenters. The summed E-state index contributed by atoms with van der Waals surface area (Å²) in [5.74, 6) is 0. The Labute approximate surface area is 99.0 Å². The maximum Gasteiger partial charge on any atom is 0.340 e. The van der Waals surface area contributed by atoms with Gasteiger partial charge < -0.3 is 13.6 Å². The molecule has 0 bridgehead atoms. The highest BCUT2D eigenvalue weighted by atomic mass is 31.2. The highest BCUT2D eigenvalue weighted by Crippen LogP contribution is 2.67. The predicted molar refractivity (Wildman–Crippen MR) is 69.0 cm³/mol. The molecule has 0 aromatic heterocycles. The third-order valence-corrected chi connectivity index (χ3v) is 8.68. The van der Waals surface area contributed by atoms with Crippen molar-refractivity contribution in [3.8, 4) is 0 Å². The Balaban J connectivity index is 5.10. The van der Waals surface area contributed by atoms with E-state index in [4.69, 9.17) is 9.05 Å². The van der Waals surface area contributed by atoms with Gasteiger partial charge in [0.05, 0.1) is 20.4 Å². The van der Waals surface area contributed by atoms with E-state index in [0.717, 1.165) is 6.42 Å². The van der Waals surface area contributed by atoms with Crippen LogP contribution < -0.4 is 0 Å². The Morgan fingerprint density at radius 1 is 1.00 bits per heavy atom. The van der Waals surface area contributed by atoms with Crippen LogP contribution in [0.5, 0.6) is 0 Å². The van der Waals surface area contributed by atoms with E-state index < -0.39 is 20.1 Å². The van der Waals surface area contributed by atoms with Crippen LogP contribution in [0.2, 0.25) is 0 Å². The van der Waals surface area contributed by atoms with E-state index in [1.54, 1.807) is 27.2 Å². The standard InChI is InChI=1S/C10H24O4P2/c1-6-9-10(15(4,5)11)16(12,13-7-2)14-8-3/h10H,6-9H2,1-5H3. The summed E-state index contributed by atoms with van der Waals surface area (Å²) in [6.07, 6.45) is 1.43. The van der Waals surface area contributed by atoms with Crippen LogP contribution in [-0.2, 0) is 18.2 Å². The molecule has 0 N–H and O–H groups in total. The molecule has 0 aromatic rings. The Bertz CT molecular complexity index is 275. The Morgan fingerprint density at radius 2 is 1.44 bits per heavy atom. The van der Waals surface area contributed by atoms with Gasteiger partial charge in [0, 0.05) is 0 Å². The largest absolute Gasteiger partial charge is 0.340 e. The zero-order chi connectivity index (χ0) is 12.8. The molecule has 16 heavy (non-hydrogen) atoms. The van der Waals surface area contributed by atoms with E-state index >= 15 is 0 Å². The third-order valence-electron chi connectivity index (χ3n) is 2.25. The van der Waals surface area contributed by atoms with Gasteiger partial charge in [0.2, 0.25) is 0 Å². The van der Waals surface area contributed by atoms with Crippen molar-refractivity contribution in [1.29, 1.82) is 0 Å². The van der Waals surface area contributed by atoms with Crippen LogP contribution in [0.15, 0.2) is 0 Å². The molecule has 0 rings (SSSR count). The summed E-state index contributed by atoms with van der Waals surface area (Å²) >= 11 is 0. The van der Waals surface area contributed by atoms with Crippen LogP contribution in [0.3, 0.4) is 0 Å². The summed E-state index contributed by atoms with van der Waals surface area (Å²) in [5, 5.41) is -0.468. The molecule has 0 heterocycles. The summed E-state index contributed by atoms with van der Waals surface area (Å²) < 4.78 is 35.2. The van der Waals surface area contributed by atoms with E-state index in [2.05, 4.69) is 0 Å². The molecule has 0 radical (unpaired) electrons. The van der Waals surface area contributed by atoms with Gasteiger partial charge >= 0.3 is 7.60 Å². The minimum absolute atomic E-state index is 0.317. The van der Waals surface area contributed by atoms with Crippen molar-refractivity contribution in [2.24, 2.45) is 0 Å². The average molecular weight is 270 g/mol. The van der Waals surface area contributed by atoms with Crippen molar-refractivity contribution < 1.29 is 18.2 Å². The Kier molecular flexibility index (Phi) is 7.12. The molecule has 6 heteroatoms.